The molecule has 14 heavy (non-hydrogen) atoms. The number of hydrogen-bond donors (Lipinski definition) is 1. The van der Waals surface area contributed by atoms with Gasteiger partial charge in [-0.2, -0.15) is 0 Å². The van der Waals surface area contributed by atoms with Gasteiger partial charge in [0.05, 0.1) is 0 Å². The average molecular weight is 196 g/mol. The van der Waals surface area contributed by atoms with Crippen LogP contribution in [0, 0.1) is 5.82 Å². The Morgan fingerprint density at radius 3 is 2.50 bits per heavy atom. The minimum absolute atomic E-state index is 0.123. The van der Waals surface area contributed by atoms with Crippen LogP contribution in [-0.2, 0) is 16.0 Å². The molecular formula is C10H9FO3. The lowest BCUT2D eigenvalue weighted by Crippen LogP contribution is -2.13. The van der Waals surface area contributed by atoms with Crippen LogP contribution in [-0.4, -0.2) is 16.9 Å². The first kappa shape index (κ1) is 10.4. The summed E-state index contributed by atoms with van der Waals surface area (Å²) in [6, 6.07) is 5.99. The number of aliphatic carboxylic acids is 1. The fraction of sp³-hybridized carbons (Fsp3) is 0.200. The van der Waals surface area contributed by atoms with Crippen LogP contribution < -0.4 is 0 Å². The van der Waals surface area contributed by atoms with E-state index in [0.717, 1.165) is 0 Å². The standard InChI is InChI=1S/C10H9FO3/c11-8-4-2-1-3-7(8)5-6-9(12)10(13)14/h1-4H,5-6H2,(H,13,14). The summed E-state index contributed by atoms with van der Waals surface area (Å²) in [5.74, 6) is -2.78. The lowest BCUT2D eigenvalue weighted by Gasteiger charge is -1.99. The maximum Gasteiger partial charge on any atom is 0.372 e. The maximum atomic E-state index is 13.0. The molecule has 1 aromatic rings. The van der Waals surface area contributed by atoms with Crippen molar-refractivity contribution in [3.63, 3.8) is 0 Å². The second-order valence-electron chi connectivity index (χ2n) is 2.82. The Morgan fingerprint density at radius 1 is 1.29 bits per heavy atom. The van der Waals surface area contributed by atoms with Gasteiger partial charge in [0.2, 0.25) is 5.78 Å². The SMILES string of the molecule is O=C(O)C(=O)CCc1ccccc1F. The normalized spacial score (nSPS) is 9.79. The van der Waals surface area contributed by atoms with Crippen LogP contribution in [0.15, 0.2) is 24.3 Å². The molecule has 0 aliphatic rings. The van der Waals surface area contributed by atoms with Crippen molar-refractivity contribution in [3.8, 4) is 0 Å². The Labute approximate surface area is 80.2 Å². The number of carbonyl (C=O) groups is 2. The van der Waals surface area contributed by atoms with Gasteiger partial charge in [-0.1, -0.05) is 18.2 Å². The van der Waals surface area contributed by atoms with Gasteiger partial charge in [0.1, 0.15) is 5.82 Å². The minimum Gasteiger partial charge on any atom is -0.476 e. The van der Waals surface area contributed by atoms with Crippen LogP contribution in [0.1, 0.15) is 12.0 Å². The van der Waals surface area contributed by atoms with E-state index in [1.807, 2.05) is 0 Å². The minimum atomic E-state index is -1.47. The molecule has 74 valence electrons. The van der Waals surface area contributed by atoms with E-state index in [2.05, 4.69) is 0 Å². The Balaban J connectivity index is 2.58. The molecule has 0 aliphatic heterocycles. The smallest absolute Gasteiger partial charge is 0.372 e. The fourth-order valence-electron chi connectivity index (χ4n) is 1.06. The summed E-state index contributed by atoms with van der Waals surface area (Å²) in [4.78, 5) is 20.9. The molecule has 0 radical (unpaired) electrons. The van der Waals surface area contributed by atoms with E-state index >= 15 is 0 Å². The molecule has 1 N–H and O–H groups in total. The Hall–Kier alpha value is -1.71. The summed E-state index contributed by atoms with van der Waals surface area (Å²) in [6.45, 7) is 0. The van der Waals surface area contributed by atoms with Gasteiger partial charge in [-0.3, -0.25) is 4.79 Å². The zero-order valence-electron chi connectivity index (χ0n) is 7.37. The van der Waals surface area contributed by atoms with Crippen molar-refractivity contribution >= 4 is 11.8 Å². The monoisotopic (exact) mass is 196 g/mol. The third kappa shape index (κ3) is 2.65. The van der Waals surface area contributed by atoms with Crippen molar-refractivity contribution in [1.29, 1.82) is 0 Å². The molecule has 0 atom stereocenters. The van der Waals surface area contributed by atoms with Crippen LogP contribution in [0.2, 0.25) is 0 Å². The maximum absolute atomic E-state index is 13.0. The number of carboxylic acids is 1. The van der Waals surface area contributed by atoms with Gasteiger partial charge >= 0.3 is 5.97 Å². The zero-order valence-corrected chi connectivity index (χ0v) is 7.37. The Kier molecular flexibility index (Phi) is 3.34. The molecule has 0 fully saturated rings. The topological polar surface area (TPSA) is 54.4 Å². The molecule has 0 aliphatic carbocycles. The lowest BCUT2D eigenvalue weighted by atomic mass is 10.1. The number of carbonyl (C=O) groups excluding carboxylic acids is 1. The van der Waals surface area contributed by atoms with E-state index in [-0.39, 0.29) is 12.8 Å². The first-order valence-corrected chi connectivity index (χ1v) is 4.11. The second-order valence-corrected chi connectivity index (χ2v) is 2.82. The molecular weight excluding hydrogens is 187 g/mol. The van der Waals surface area contributed by atoms with Gasteiger partial charge in [0, 0.05) is 6.42 Å². The summed E-state index contributed by atoms with van der Waals surface area (Å²) in [5.41, 5.74) is 0.363. The highest BCUT2D eigenvalue weighted by Crippen LogP contribution is 2.08. The Bertz CT molecular complexity index is 360. The number of carboxylic acid groups (broad SMARTS) is 1. The van der Waals surface area contributed by atoms with Gasteiger partial charge in [0.15, 0.2) is 0 Å². The van der Waals surface area contributed by atoms with E-state index in [4.69, 9.17) is 5.11 Å². The van der Waals surface area contributed by atoms with Crippen molar-refractivity contribution in [1.82, 2.24) is 0 Å². The molecule has 0 spiro atoms. The second kappa shape index (κ2) is 4.50. The van der Waals surface area contributed by atoms with Gasteiger partial charge < -0.3 is 5.11 Å². The van der Waals surface area contributed by atoms with E-state index in [1.54, 1.807) is 6.07 Å². The molecule has 4 heteroatoms. The molecule has 0 heterocycles. The zero-order chi connectivity index (χ0) is 10.6. The Morgan fingerprint density at radius 2 is 1.93 bits per heavy atom. The van der Waals surface area contributed by atoms with Crippen LogP contribution in [0.5, 0.6) is 0 Å². The highest BCUT2D eigenvalue weighted by atomic mass is 19.1. The number of Topliss-reactive ketones (excluding diaryl/α,β-unsaturated/α-hetero) is 1. The van der Waals surface area contributed by atoms with E-state index in [0.29, 0.717) is 5.56 Å². The highest BCUT2D eigenvalue weighted by molar-refractivity contribution is 6.32. The lowest BCUT2D eigenvalue weighted by molar-refractivity contribution is -0.149. The molecule has 0 saturated carbocycles. The summed E-state index contributed by atoms with van der Waals surface area (Å²) in [5, 5.41) is 8.29. The van der Waals surface area contributed by atoms with Gasteiger partial charge in [-0.25, -0.2) is 9.18 Å². The van der Waals surface area contributed by atoms with Crippen molar-refractivity contribution < 1.29 is 19.1 Å². The van der Waals surface area contributed by atoms with E-state index in [1.165, 1.54) is 18.2 Å². The average Bonchev–Trinajstić information content (AvgIpc) is 2.16. The molecule has 0 bridgehead atoms. The molecule has 0 unspecified atom stereocenters. The van der Waals surface area contributed by atoms with Gasteiger partial charge in [-0.05, 0) is 18.1 Å². The van der Waals surface area contributed by atoms with Crippen molar-refractivity contribution in [2.24, 2.45) is 0 Å². The van der Waals surface area contributed by atoms with E-state index < -0.39 is 17.6 Å². The van der Waals surface area contributed by atoms with Gasteiger partial charge in [0.25, 0.3) is 0 Å². The van der Waals surface area contributed by atoms with Gasteiger partial charge in [-0.15, -0.1) is 0 Å². The van der Waals surface area contributed by atoms with Crippen molar-refractivity contribution in [2.75, 3.05) is 0 Å². The van der Waals surface area contributed by atoms with E-state index in [9.17, 15) is 14.0 Å². The molecule has 3 nitrogen and oxygen atoms in total. The third-order valence-corrected chi connectivity index (χ3v) is 1.82. The summed E-state index contributed by atoms with van der Waals surface area (Å²) >= 11 is 0. The molecule has 0 saturated heterocycles. The number of rotatable bonds is 4. The summed E-state index contributed by atoms with van der Waals surface area (Å²) < 4.78 is 13.0. The predicted molar refractivity (Wildman–Crippen MR) is 47.4 cm³/mol. The first-order valence-electron chi connectivity index (χ1n) is 4.11. The number of aryl methyl sites for hydroxylation is 1. The van der Waals surface area contributed by atoms with Crippen LogP contribution in [0.25, 0.3) is 0 Å². The highest BCUT2D eigenvalue weighted by Gasteiger charge is 2.11. The summed E-state index contributed by atoms with van der Waals surface area (Å²) in [6.07, 6.45) is -0.0475. The predicted octanol–water partition coefficient (Wildman–Crippen LogP) is 1.41. The molecule has 0 aromatic heterocycles. The third-order valence-electron chi connectivity index (χ3n) is 1.82. The number of hydrogen-bond acceptors (Lipinski definition) is 2. The number of benzene rings is 1. The molecule has 0 amide bonds. The van der Waals surface area contributed by atoms with Crippen molar-refractivity contribution in [3.05, 3.63) is 35.6 Å². The molecule has 1 rings (SSSR count). The largest absolute Gasteiger partial charge is 0.476 e. The fourth-order valence-corrected chi connectivity index (χ4v) is 1.06. The molecule has 1 aromatic carbocycles. The summed E-state index contributed by atoms with van der Waals surface area (Å²) in [7, 11) is 0. The number of halogens is 1. The van der Waals surface area contributed by atoms with Crippen LogP contribution >= 0.6 is 0 Å². The van der Waals surface area contributed by atoms with Crippen LogP contribution in [0.3, 0.4) is 0 Å². The number of ketones is 1. The first-order chi connectivity index (χ1) is 6.61. The quantitative estimate of drug-likeness (QED) is 0.741. The van der Waals surface area contributed by atoms with Crippen LogP contribution in [0.4, 0.5) is 4.39 Å². The van der Waals surface area contributed by atoms with Crippen molar-refractivity contribution in [2.45, 2.75) is 12.8 Å².